The summed E-state index contributed by atoms with van der Waals surface area (Å²) in [6.45, 7) is 3.90. The summed E-state index contributed by atoms with van der Waals surface area (Å²) < 4.78 is 0. The SMILES string of the molecule is Cc1ccc(-c2c(N)n[nH]c2C(=O)O)c(C)c1. The molecule has 2 aromatic rings. The summed E-state index contributed by atoms with van der Waals surface area (Å²) in [4.78, 5) is 11.1. The van der Waals surface area contributed by atoms with Gasteiger partial charge in [-0.15, -0.1) is 0 Å². The smallest absolute Gasteiger partial charge is 0.354 e. The van der Waals surface area contributed by atoms with Crippen molar-refractivity contribution in [2.45, 2.75) is 13.8 Å². The van der Waals surface area contributed by atoms with Gasteiger partial charge in [0, 0.05) is 0 Å². The molecule has 0 aliphatic rings. The number of carboxylic acids is 1. The number of nitrogens with one attached hydrogen (secondary N) is 1. The second kappa shape index (κ2) is 3.93. The number of hydrogen-bond acceptors (Lipinski definition) is 3. The number of carboxylic acid groups (broad SMARTS) is 1. The molecule has 1 aromatic carbocycles. The number of nitrogen functional groups attached to an aromatic ring is 1. The van der Waals surface area contributed by atoms with E-state index >= 15 is 0 Å². The van der Waals surface area contributed by atoms with E-state index in [9.17, 15) is 4.79 Å². The number of nitrogens with two attached hydrogens (primary N) is 1. The molecule has 0 fully saturated rings. The Balaban J connectivity index is 2.67. The predicted octanol–water partition coefficient (Wildman–Crippen LogP) is 1.97. The van der Waals surface area contributed by atoms with Gasteiger partial charge in [0.1, 0.15) is 0 Å². The molecule has 1 heterocycles. The third-order valence-electron chi connectivity index (χ3n) is 2.66. The van der Waals surface area contributed by atoms with Gasteiger partial charge in [-0.3, -0.25) is 5.10 Å². The summed E-state index contributed by atoms with van der Waals surface area (Å²) >= 11 is 0. The zero-order chi connectivity index (χ0) is 12.6. The number of aromatic amines is 1. The monoisotopic (exact) mass is 231 g/mol. The van der Waals surface area contributed by atoms with Crippen molar-refractivity contribution in [3.8, 4) is 11.1 Å². The number of nitrogens with zero attached hydrogens (tertiary/aromatic N) is 1. The molecule has 0 bridgehead atoms. The standard InChI is InChI=1S/C12H13N3O2/c1-6-3-4-8(7(2)5-6)9-10(12(16)17)14-15-11(9)13/h3-5H,1-2H3,(H,16,17)(H3,13,14,15). The van der Waals surface area contributed by atoms with E-state index in [0.717, 1.165) is 16.7 Å². The second-order valence-corrected chi connectivity index (χ2v) is 3.98. The van der Waals surface area contributed by atoms with E-state index in [2.05, 4.69) is 10.2 Å². The van der Waals surface area contributed by atoms with E-state index < -0.39 is 5.97 Å². The van der Waals surface area contributed by atoms with Crippen molar-refractivity contribution in [3.05, 3.63) is 35.0 Å². The van der Waals surface area contributed by atoms with Crippen LogP contribution < -0.4 is 5.73 Å². The summed E-state index contributed by atoms with van der Waals surface area (Å²) in [5, 5.41) is 15.2. The lowest BCUT2D eigenvalue weighted by Gasteiger charge is -2.06. The lowest BCUT2D eigenvalue weighted by molar-refractivity contribution is 0.0691. The Bertz CT molecular complexity index is 587. The fraction of sp³-hybridized carbons (Fsp3) is 0.167. The van der Waals surface area contributed by atoms with Gasteiger partial charge in [-0.2, -0.15) is 5.10 Å². The topological polar surface area (TPSA) is 92.0 Å². The average Bonchev–Trinajstić information content (AvgIpc) is 2.60. The van der Waals surface area contributed by atoms with Crippen molar-refractivity contribution < 1.29 is 9.90 Å². The van der Waals surface area contributed by atoms with Crippen molar-refractivity contribution in [2.24, 2.45) is 0 Å². The van der Waals surface area contributed by atoms with Gasteiger partial charge in [0.2, 0.25) is 0 Å². The van der Waals surface area contributed by atoms with E-state index in [1.54, 1.807) is 0 Å². The van der Waals surface area contributed by atoms with Crippen LogP contribution in [0, 0.1) is 13.8 Å². The van der Waals surface area contributed by atoms with E-state index in [4.69, 9.17) is 10.8 Å². The van der Waals surface area contributed by atoms with E-state index in [-0.39, 0.29) is 11.5 Å². The van der Waals surface area contributed by atoms with Crippen molar-refractivity contribution in [1.82, 2.24) is 10.2 Å². The van der Waals surface area contributed by atoms with Gasteiger partial charge in [0.25, 0.3) is 0 Å². The maximum Gasteiger partial charge on any atom is 0.354 e. The van der Waals surface area contributed by atoms with Gasteiger partial charge in [-0.25, -0.2) is 4.79 Å². The van der Waals surface area contributed by atoms with Crippen LogP contribution in [0.25, 0.3) is 11.1 Å². The van der Waals surface area contributed by atoms with E-state index in [1.807, 2.05) is 32.0 Å². The fourth-order valence-corrected chi connectivity index (χ4v) is 1.88. The quantitative estimate of drug-likeness (QED) is 0.736. The summed E-state index contributed by atoms with van der Waals surface area (Å²) in [6, 6.07) is 5.76. The number of anilines is 1. The van der Waals surface area contributed by atoms with Crippen molar-refractivity contribution in [3.63, 3.8) is 0 Å². The Labute approximate surface area is 98.3 Å². The number of H-pyrrole nitrogens is 1. The Morgan fingerprint density at radius 1 is 1.41 bits per heavy atom. The Morgan fingerprint density at radius 2 is 2.12 bits per heavy atom. The first-order chi connectivity index (χ1) is 8.00. The van der Waals surface area contributed by atoms with Crippen LogP contribution in [0.5, 0.6) is 0 Å². The van der Waals surface area contributed by atoms with Crippen LogP contribution >= 0.6 is 0 Å². The van der Waals surface area contributed by atoms with Gasteiger partial charge in [-0.05, 0) is 25.0 Å². The van der Waals surface area contributed by atoms with Crippen molar-refractivity contribution in [2.75, 3.05) is 5.73 Å². The van der Waals surface area contributed by atoms with Gasteiger partial charge in [0.15, 0.2) is 11.5 Å². The molecule has 4 N–H and O–H groups in total. The number of hydrogen-bond donors (Lipinski definition) is 3. The van der Waals surface area contributed by atoms with Crippen LogP contribution in [0.15, 0.2) is 18.2 Å². The van der Waals surface area contributed by atoms with Crippen LogP contribution in [0.2, 0.25) is 0 Å². The second-order valence-electron chi connectivity index (χ2n) is 3.98. The minimum atomic E-state index is -1.07. The zero-order valence-electron chi connectivity index (χ0n) is 9.61. The summed E-state index contributed by atoms with van der Waals surface area (Å²) in [7, 11) is 0. The molecule has 5 nitrogen and oxygen atoms in total. The molecule has 17 heavy (non-hydrogen) atoms. The summed E-state index contributed by atoms with van der Waals surface area (Å²) in [5.74, 6) is -0.862. The highest BCUT2D eigenvalue weighted by Crippen LogP contribution is 2.30. The molecule has 0 saturated heterocycles. The van der Waals surface area contributed by atoms with Gasteiger partial charge in [0.05, 0.1) is 5.56 Å². The fourth-order valence-electron chi connectivity index (χ4n) is 1.88. The number of aromatic carboxylic acids is 1. The Morgan fingerprint density at radius 3 is 2.71 bits per heavy atom. The third kappa shape index (κ3) is 1.87. The first-order valence-electron chi connectivity index (χ1n) is 5.15. The number of rotatable bonds is 2. The highest BCUT2D eigenvalue weighted by Gasteiger charge is 2.19. The number of aromatic nitrogens is 2. The van der Waals surface area contributed by atoms with Crippen LogP contribution in [-0.4, -0.2) is 21.3 Å². The van der Waals surface area contributed by atoms with Crippen LogP contribution in [-0.2, 0) is 0 Å². The van der Waals surface area contributed by atoms with Crippen LogP contribution in [0.4, 0.5) is 5.82 Å². The highest BCUT2D eigenvalue weighted by atomic mass is 16.4. The Kier molecular flexibility index (Phi) is 2.59. The number of benzene rings is 1. The molecule has 0 radical (unpaired) electrons. The van der Waals surface area contributed by atoms with Crippen molar-refractivity contribution >= 4 is 11.8 Å². The lowest BCUT2D eigenvalue weighted by Crippen LogP contribution is -2.00. The molecular formula is C12H13N3O2. The average molecular weight is 231 g/mol. The van der Waals surface area contributed by atoms with Crippen LogP contribution in [0.3, 0.4) is 0 Å². The molecule has 2 rings (SSSR count). The molecule has 5 heteroatoms. The molecule has 0 aliphatic heterocycles. The maximum absolute atomic E-state index is 11.1. The molecule has 0 aliphatic carbocycles. The molecule has 88 valence electrons. The molecule has 0 unspecified atom stereocenters. The predicted molar refractivity (Wildman–Crippen MR) is 64.9 cm³/mol. The van der Waals surface area contributed by atoms with E-state index in [1.165, 1.54) is 0 Å². The van der Waals surface area contributed by atoms with Gasteiger partial charge >= 0.3 is 5.97 Å². The third-order valence-corrected chi connectivity index (χ3v) is 2.66. The maximum atomic E-state index is 11.1. The summed E-state index contributed by atoms with van der Waals surface area (Å²) in [5.41, 5.74) is 9.07. The number of aryl methyl sites for hydroxylation is 2. The van der Waals surface area contributed by atoms with Crippen LogP contribution in [0.1, 0.15) is 21.6 Å². The first kappa shape index (κ1) is 11.2. The van der Waals surface area contributed by atoms with Gasteiger partial charge < -0.3 is 10.8 Å². The molecular weight excluding hydrogens is 218 g/mol. The minimum absolute atomic E-state index is 0.0226. The normalized spacial score (nSPS) is 10.5. The lowest BCUT2D eigenvalue weighted by atomic mass is 9.98. The highest BCUT2D eigenvalue weighted by molar-refractivity contribution is 5.97. The molecule has 1 aromatic heterocycles. The number of carbonyl (C=O) groups is 1. The zero-order valence-corrected chi connectivity index (χ0v) is 9.61. The largest absolute Gasteiger partial charge is 0.477 e. The Hall–Kier alpha value is -2.30. The van der Waals surface area contributed by atoms with E-state index in [0.29, 0.717) is 5.56 Å². The molecule has 0 spiro atoms. The van der Waals surface area contributed by atoms with Gasteiger partial charge in [-0.1, -0.05) is 23.8 Å². The first-order valence-corrected chi connectivity index (χ1v) is 5.15. The summed E-state index contributed by atoms with van der Waals surface area (Å²) in [6.07, 6.45) is 0. The van der Waals surface area contributed by atoms with Crippen molar-refractivity contribution in [1.29, 1.82) is 0 Å². The minimum Gasteiger partial charge on any atom is -0.477 e. The molecule has 0 saturated carbocycles. The molecule has 0 atom stereocenters. The molecule has 0 amide bonds.